The van der Waals surface area contributed by atoms with Crippen LogP contribution in [0.1, 0.15) is 13.8 Å². The van der Waals surface area contributed by atoms with Crippen LogP contribution in [-0.2, 0) is 4.79 Å². The van der Waals surface area contributed by atoms with E-state index in [-0.39, 0.29) is 17.4 Å². The van der Waals surface area contributed by atoms with Gasteiger partial charge < -0.3 is 10.3 Å². The first kappa shape index (κ1) is 13.0. The average molecular weight is 257 g/mol. The largest absolute Gasteiger partial charge is 0.326 e. The van der Waals surface area contributed by atoms with E-state index in [0.717, 1.165) is 11.3 Å². The second kappa shape index (κ2) is 5.48. The lowest BCUT2D eigenvalue weighted by atomic mass is 10.1. The molecule has 0 saturated heterocycles. The highest BCUT2D eigenvalue weighted by atomic mass is 16.1. The van der Waals surface area contributed by atoms with E-state index in [1.807, 2.05) is 38.1 Å². The van der Waals surface area contributed by atoms with Crippen LogP contribution in [0.5, 0.6) is 0 Å². The number of rotatable bonds is 3. The number of benzene rings is 1. The van der Waals surface area contributed by atoms with Gasteiger partial charge in [0.1, 0.15) is 0 Å². The molecule has 5 nitrogen and oxygen atoms in total. The van der Waals surface area contributed by atoms with Crippen LogP contribution >= 0.6 is 0 Å². The van der Waals surface area contributed by atoms with Gasteiger partial charge in [-0.15, -0.1) is 0 Å². The molecule has 0 aliphatic heterocycles. The fourth-order valence-electron chi connectivity index (χ4n) is 1.51. The van der Waals surface area contributed by atoms with E-state index in [0.29, 0.717) is 5.69 Å². The van der Waals surface area contributed by atoms with E-state index in [4.69, 9.17) is 0 Å². The third-order valence-corrected chi connectivity index (χ3v) is 2.64. The lowest BCUT2D eigenvalue weighted by Gasteiger charge is -2.08. The minimum Gasteiger partial charge on any atom is -0.326 e. The maximum absolute atomic E-state index is 11.5. The van der Waals surface area contributed by atoms with Crippen molar-refractivity contribution in [2.45, 2.75) is 13.8 Å². The molecule has 1 heterocycles. The van der Waals surface area contributed by atoms with Gasteiger partial charge in [0, 0.05) is 23.4 Å². The molecule has 2 N–H and O–H groups in total. The third kappa shape index (κ3) is 3.28. The molecule has 5 heteroatoms. The topological polar surface area (TPSA) is 74.8 Å². The van der Waals surface area contributed by atoms with Crippen LogP contribution in [0.2, 0.25) is 0 Å². The molecule has 0 aliphatic carbocycles. The minimum atomic E-state index is -0.232. The van der Waals surface area contributed by atoms with Gasteiger partial charge in [0.15, 0.2) is 0 Å². The summed E-state index contributed by atoms with van der Waals surface area (Å²) in [5.41, 5.74) is 2.07. The molecule has 1 aromatic heterocycles. The highest BCUT2D eigenvalue weighted by Gasteiger charge is 2.07. The Morgan fingerprint density at radius 1 is 1.26 bits per heavy atom. The second-order valence-corrected chi connectivity index (χ2v) is 4.52. The lowest BCUT2D eigenvalue weighted by Crippen LogP contribution is -2.17. The number of H-pyrrole nitrogens is 1. The summed E-state index contributed by atoms with van der Waals surface area (Å²) in [5, 5.41) is 2.81. The Kier molecular flexibility index (Phi) is 3.75. The number of aromatic nitrogens is 2. The van der Waals surface area contributed by atoms with Gasteiger partial charge in [-0.25, -0.2) is 4.98 Å². The summed E-state index contributed by atoms with van der Waals surface area (Å²) >= 11 is 0. The number of amides is 1. The fraction of sp³-hybridized carbons (Fsp3) is 0.214. The number of carbonyl (C=O) groups excluding carboxylic acids is 1. The molecule has 19 heavy (non-hydrogen) atoms. The Labute approximate surface area is 110 Å². The number of aromatic amines is 1. The normalized spacial score (nSPS) is 10.5. The molecule has 0 atom stereocenters. The first-order chi connectivity index (χ1) is 9.06. The monoisotopic (exact) mass is 257 g/mol. The van der Waals surface area contributed by atoms with E-state index in [1.165, 1.54) is 6.20 Å². The van der Waals surface area contributed by atoms with Crippen LogP contribution in [0.4, 0.5) is 5.69 Å². The molecule has 0 aliphatic rings. The summed E-state index contributed by atoms with van der Waals surface area (Å²) in [6.45, 7) is 3.68. The predicted molar refractivity (Wildman–Crippen MR) is 73.8 cm³/mol. The Morgan fingerprint density at radius 2 is 1.95 bits per heavy atom. The quantitative estimate of drug-likeness (QED) is 0.883. The highest BCUT2D eigenvalue weighted by molar-refractivity contribution is 5.92. The number of hydrogen-bond acceptors (Lipinski definition) is 3. The van der Waals surface area contributed by atoms with Crippen molar-refractivity contribution in [3.8, 4) is 11.3 Å². The zero-order chi connectivity index (χ0) is 13.8. The first-order valence-corrected chi connectivity index (χ1v) is 6.02. The molecule has 2 rings (SSSR count). The first-order valence-electron chi connectivity index (χ1n) is 6.02. The van der Waals surface area contributed by atoms with Crippen molar-refractivity contribution in [2.24, 2.45) is 5.92 Å². The van der Waals surface area contributed by atoms with Crippen LogP contribution in [0.3, 0.4) is 0 Å². The smallest absolute Gasteiger partial charge is 0.266 e. The zero-order valence-electron chi connectivity index (χ0n) is 10.8. The van der Waals surface area contributed by atoms with Gasteiger partial charge >= 0.3 is 0 Å². The van der Waals surface area contributed by atoms with E-state index < -0.39 is 0 Å². The van der Waals surface area contributed by atoms with Gasteiger partial charge in [0.25, 0.3) is 5.56 Å². The van der Waals surface area contributed by atoms with E-state index >= 15 is 0 Å². The van der Waals surface area contributed by atoms with E-state index in [1.54, 1.807) is 6.20 Å². The maximum Gasteiger partial charge on any atom is 0.266 e. The Bertz CT molecular complexity index is 609. The maximum atomic E-state index is 11.5. The van der Waals surface area contributed by atoms with Gasteiger partial charge in [-0.05, 0) is 12.1 Å². The van der Waals surface area contributed by atoms with Crippen LogP contribution in [0, 0.1) is 5.92 Å². The van der Waals surface area contributed by atoms with Crippen molar-refractivity contribution >= 4 is 11.6 Å². The van der Waals surface area contributed by atoms with E-state index in [2.05, 4.69) is 15.3 Å². The molecule has 1 amide bonds. The summed E-state index contributed by atoms with van der Waals surface area (Å²) < 4.78 is 0. The van der Waals surface area contributed by atoms with Crippen LogP contribution in [0.25, 0.3) is 11.3 Å². The summed E-state index contributed by atoms with van der Waals surface area (Å²) in [5.74, 6) is -0.0737. The van der Waals surface area contributed by atoms with Crippen molar-refractivity contribution in [3.05, 3.63) is 47.0 Å². The van der Waals surface area contributed by atoms with Crippen LogP contribution in [-0.4, -0.2) is 15.9 Å². The third-order valence-electron chi connectivity index (χ3n) is 2.64. The van der Waals surface area contributed by atoms with Crippen molar-refractivity contribution in [1.82, 2.24) is 9.97 Å². The number of nitrogens with zero attached hydrogens (tertiary/aromatic N) is 1. The number of anilines is 1. The number of hydrogen-bond donors (Lipinski definition) is 2. The van der Waals surface area contributed by atoms with Gasteiger partial charge in [-0.3, -0.25) is 9.59 Å². The highest BCUT2D eigenvalue weighted by Crippen LogP contribution is 2.18. The molecule has 98 valence electrons. The Morgan fingerprint density at radius 3 is 2.47 bits per heavy atom. The molecule has 1 aromatic carbocycles. The zero-order valence-corrected chi connectivity index (χ0v) is 10.8. The van der Waals surface area contributed by atoms with Gasteiger partial charge in [0.2, 0.25) is 5.91 Å². The van der Waals surface area contributed by atoms with E-state index in [9.17, 15) is 9.59 Å². The van der Waals surface area contributed by atoms with Gasteiger partial charge in [-0.2, -0.15) is 0 Å². The van der Waals surface area contributed by atoms with Crippen molar-refractivity contribution < 1.29 is 4.79 Å². The molecule has 0 bridgehead atoms. The Balaban J connectivity index is 2.16. The molecule has 0 radical (unpaired) electrons. The van der Waals surface area contributed by atoms with Crippen molar-refractivity contribution in [3.63, 3.8) is 0 Å². The standard InChI is InChI=1S/C14H15N3O2/c1-9(2)14(19)17-11-5-3-10(4-6-11)12-7-16-13(18)8-15-12/h3-9H,1-2H3,(H,16,18)(H,17,19). The number of carbonyl (C=O) groups is 1. The van der Waals surface area contributed by atoms with Crippen molar-refractivity contribution in [2.75, 3.05) is 5.32 Å². The summed E-state index contributed by atoms with van der Waals surface area (Å²) in [6.07, 6.45) is 2.80. The fourth-order valence-corrected chi connectivity index (χ4v) is 1.51. The predicted octanol–water partition coefficient (Wildman–Crippen LogP) is 2.03. The Hall–Kier alpha value is -2.43. The lowest BCUT2D eigenvalue weighted by molar-refractivity contribution is -0.118. The summed E-state index contributed by atoms with van der Waals surface area (Å²) in [7, 11) is 0. The molecular formula is C14H15N3O2. The summed E-state index contributed by atoms with van der Waals surface area (Å²) in [4.78, 5) is 29.1. The molecule has 0 spiro atoms. The molecule has 0 fully saturated rings. The SMILES string of the molecule is CC(C)C(=O)Nc1ccc(-c2c[nH]c(=O)cn2)cc1. The van der Waals surface area contributed by atoms with Gasteiger partial charge in [0.05, 0.1) is 11.9 Å². The van der Waals surface area contributed by atoms with Crippen molar-refractivity contribution in [1.29, 1.82) is 0 Å². The van der Waals surface area contributed by atoms with Gasteiger partial charge in [-0.1, -0.05) is 26.0 Å². The minimum absolute atomic E-state index is 0.0186. The second-order valence-electron chi connectivity index (χ2n) is 4.52. The number of nitrogens with one attached hydrogen (secondary N) is 2. The molecule has 0 unspecified atom stereocenters. The molecule has 0 saturated carbocycles. The summed E-state index contributed by atoms with van der Waals surface area (Å²) in [6, 6.07) is 7.30. The average Bonchev–Trinajstić information content (AvgIpc) is 2.40. The molecular weight excluding hydrogens is 242 g/mol. The van der Waals surface area contributed by atoms with Crippen LogP contribution in [0.15, 0.2) is 41.5 Å². The van der Waals surface area contributed by atoms with Crippen LogP contribution < -0.4 is 10.9 Å². The molecule has 2 aromatic rings.